The van der Waals surface area contributed by atoms with Gasteiger partial charge in [0.1, 0.15) is 5.60 Å². The van der Waals surface area contributed by atoms with E-state index < -0.39 is 0 Å². The van der Waals surface area contributed by atoms with Crippen LogP contribution >= 0.6 is 0 Å². The zero-order valence-electron chi connectivity index (χ0n) is 20.0. The van der Waals surface area contributed by atoms with Crippen molar-refractivity contribution in [2.24, 2.45) is 5.92 Å². The van der Waals surface area contributed by atoms with E-state index in [0.29, 0.717) is 30.5 Å². The molecule has 172 valence electrons. The number of hydrogen-bond acceptors (Lipinski definition) is 4. The number of carbonyl (C=O) groups is 1. The van der Waals surface area contributed by atoms with Gasteiger partial charge in [-0.25, -0.2) is 0 Å². The van der Waals surface area contributed by atoms with E-state index in [2.05, 4.69) is 54.0 Å². The van der Waals surface area contributed by atoms with E-state index in [0.717, 1.165) is 19.4 Å². The Bertz CT molecular complexity index is 715. The van der Waals surface area contributed by atoms with Gasteiger partial charge in [-0.15, -0.1) is 0 Å². The maximum Gasteiger partial charge on any atom is 0.306 e. The maximum absolute atomic E-state index is 11.8. The highest BCUT2D eigenvalue weighted by Gasteiger charge is 2.40. The van der Waals surface area contributed by atoms with Gasteiger partial charge in [0, 0.05) is 24.5 Å². The Morgan fingerprint density at radius 3 is 2.42 bits per heavy atom. The summed E-state index contributed by atoms with van der Waals surface area (Å²) in [5.74, 6) is 0.628. The van der Waals surface area contributed by atoms with Crippen molar-refractivity contribution in [2.75, 3.05) is 6.54 Å². The minimum atomic E-state index is -0.383. The molecular formula is C27H42N2O2. The first kappa shape index (κ1) is 24.0. The van der Waals surface area contributed by atoms with Gasteiger partial charge in [0.25, 0.3) is 0 Å². The monoisotopic (exact) mass is 426 g/mol. The van der Waals surface area contributed by atoms with Gasteiger partial charge in [-0.05, 0) is 83.7 Å². The first-order chi connectivity index (χ1) is 14.8. The Labute approximate surface area is 189 Å². The molecule has 4 heteroatoms. The van der Waals surface area contributed by atoms with Crippen LogP contribution in [0.1, 0.15) is 84.6 Å². The first-order valence-electron chi connectivity index (χ1n) is 12.3. The fourth-order valence-corrected chi connectivity index (χ4v) is 4.72. The lowest BCUT2D eigenvalue weighted by atomic mass is 9.91. The lowest BCUT2D eigenvalue weighted by Gasteiger charge is -2.30. The molecule has 31 heavy (non-hydrogen) atoms. The van der Waals surface area contributed by atoms with Crippen molar-refractivity contribution in [3.63, 3.8) is 0 Å². The highest BCUT2D eigenvalue weighted by Crippen LogP contribution is 2.40. The fourth-order valence-electron chi connectivity index (χ4n) is 4.72. The Kier molecular flexibility index (Phi) is 8.74. The van der Waals surface area contributed by atoms with Crippen LogP contribution in [0.25, 0.3) is 6.08 Å². The smallest absolute Gasteiger partial charge is 0.306 e. The normalized spacial score (nSPS) is 26.5. The van der Waals surface area contributed by atoms with Gasteiger partial charge in [-0.2, -0.15) is 0 Å². The zero-order chi connectivity index (χ0) is 22.3. The molecule has 0 heterocycles. The summed E-state index contributed by atoms with van der Waals surface area (Å²) in [6, 6.07) is 12.6. The molecule has 3 rings (SSSR count). The quantitative estimate of drug-likeness (QED) is 0.384. The molecule has 2 fully saturated rings. The molecule has 1 aromatic rings. The lowest BCUT2D eigenvalue weighted by Crippen LogP contribution is -2.41. The standard InChI is InChI=1S/C27H42N2O2/c1-5-21(18-20-10-7-6-8-11-20)24-19-25(24)29-23-15-13-22(14-16-23)28-17-9-12-26(30)31-27(2,3)4/h6-8,10-11,18,22-25,28-29H,5,9,12-17,19H2,1-4H3/b21-18+. The minimum absolute atomic E-state index is 0.0889. The van der Waals surface area contributed by atoms with Gasteiger partial charge in [0.05, 0.1) is 0 Å². The molecule has 4 nitrogen and oxygen atoms in total. The van der Waals surface area contributed by atoms with E-state index >= 15 is 0 Å². The van der Waals surface area contributed by atoms with Crippen LogP contribution in [0.15, 0.2) is 35.9 Å². The van der Waals surface area contributed by atoms with Crippen molar-refractivity contribution in [2.45, 2.75) is 103 Å². The van der Waals surface area contributed by atoms with Gasteiger partial charge in [0.15, 0.2) is 0 Å². The molecule has 2 saturated carbocycles. The third kappa shape index (κ3) is 8.42. The topological polar surface area (TPSA) is 50.4 Å². The van der Waals surface area contributed by atoms with E-state index in [-0.39, 0.29) is 11.6 Å². The molecule has 0 aromatic heterocycles. The summed E-state index contributed by atoms with van der Waals surface area (Å²) in [6.07, 6.45) is 11.1. The summed E-state index contributed by atoms with van der Waals surface area (Å²) in [5.41, 5.74) is 2.53. The minimum Gasteiger partial charge on any atom is -0.460 e. The second-order valence-corrected chi connectivity index (χ2v) is 10.3. The molecule has 0 saturated heterocycles. The van der Waals surface area contributed by atoms with E-state index in [1.807, 2.05) is 20.8 Å². The summed E-state index contributed by atoms with van der Waals surface area (Å²) >= 11 is 0. The van der Waals surface area contributed by atoms with Gasteiger partial charge in [-0.3, -0.25) is 4.79 Å². The van der Waals surface area contributed by atoms with Crippen LogP contribution in [0, 0.1) is 5.92 Å². The van der Waals surface area contributed by atoms with E-state index in [1.165, 1.54) is 37.7 Å². The zero-order valence-corrected chi connectivity index (χ0v) is 20.0. The molecule has 2 aliphatic rings. The first-order valence-corrected chi connectivity index (χ1v) is 12.3. The number of carbonyl (C=O) groups excluding carboxylic acids is 1. The number of hydrogen-bond donors (Lipinski definition) is 2. The predicted molar refractivity (Wildman–Crippen MR) is 129 cm³/mol. The SMILES string of the molecule is CC/C(=C\c1ccccc1)C1CC1NC1CCC(NCCCC(=O)OC(C)(C)C)CC1. The van der Waals surface area contributed by atoms with E-state index in [4.69, 9.17) is 4.74 Å². The van der Waals surface area contributed by atoms with Crippen molar-refractivity contribution in [3.05, 3.63) is 41.5 Å². The highest BCUT2D eigenvalue weighted by molar-refractivity contribution is 5.69. The van der Waals surface area contributed by atoms with Crippen LogP contribution in [0.5, 0.6) is 0 Å². The van der Waals surface area contributed by atoms with Crippen LogP contribution < -0.4 is 10.6 Å². The van der Waals surface area contributed by atoms with Gasteiger partial charge < -0.3 is 15.4 Å². The molecule has 0 aliphatic heterocycles. The molecular weight excluding hydrogens is 384 g/mol. The molecule has 0 spiro atoms. The van der Waals surface area contributed by atoms with Crippen molar-refractivity contribution in [1.29, 1.82) is 0 Å². The van der Waals surface area contributed by atoms with E-state index in [9.17, 15) is 4.79 Å². The Morgan fingerprint density at radius 1 is 1.10 bits per heavy atom. The highest BCUT2D eigenvalue weighted by atomic mass is 16.6. The predicted octanol–water partition coefficient (Wildman–Crippen LogP) is 5.48. The van der Waals surface area contributed by atoms with Crippen molar-refractivity contribution >= 4 is 12.0 Å². The molecule has 2 atom stereocenters. The number of nitrogens with one attached hydrogen (secondary N) is 2. The largest absolute Gasteiger partial charge is 0.460 e. The van der Waals surface area contributed by atoms with Crippen LogP contribution in [-0.4, -0.2) is 36.2 Å². The molecule has 2 unspecified atom stereocenters. The van der Waals surface area contributed by atoms with Crippen LogP contribution in [0.2, 0.25) is 0 Å². The third-order valence-corrected chi connectivity index (χ3v) is 6.41. The lowest BCUT2D eigenvalue weighted by molar-refractivity contribution is -0.154. The van der Waals surface area contributed by atoms with Crippen molar-refractivity contribution in [3.8, 4) is 0 Å². The van der Waals surface area contributed by atoms with E-state index in [1.54, 1.807) is 5.57 Å². The number of rotatable bonds is 10. The number of benzene rings is 1. The van der Waals surface area contributed by atoms with Crippen molar-refractivity contribution in [1.82, 2.24) is 10.6 Å². The van der Waals surface area contributed by atoms with Gasteiger partial charge in [-0.1, -0.05) is 48.9 Å². The van der Waals surface area contributed by atoms with Crippen molar-refractivity contribution < 1.29 is 9.53 Å². The molecule has 1 aromatic carbocycles. The Morgan fingerprint density at radius 2 is 1.77 bits per heavy atom. The number of ether oxygens (including phenoxy) is 1. The third-order valence-electron chi connectivity index (χ3n) is 6.41. The average molecular weight is 427 g/mol. The van der Waals surface area contributed by atoms with Crippen LogP contribution in [-0.2, 0) is 9.53 Å². The molecule has 0 amide bonds. The van der Waals surface area contributed by atoms with Crippen LogP contribution in [0.4, 0.5) is 0 Å². The van der Waals surface area contributed by atoms with Gasteiger partial charge >= 0.3 is 5.97 Å². The fraction of sp³-hybridized carbons (Fsp3) is 0.667. The summed E-state index contributed by atoms with van der Waals surface area (Å²) in [5, 5.41) is 7.59. The van der Waals surface area contributed by atoms with Crippen LogP contribution in [0.3, 0.4) is 0 Å². The molecule has 2 aliphatic carbocycles. The summed E-state index contributed by atoms with van der Waals surface area (Å²) in [7, 11) is 0. The summed E-state index contributed by atoms with van der Waals surface area (Å²) in [4.78, 5) is 11.8. The second-order valence-electron chi connectivity index (χ2n) is 10.3. The molecule has 0 radical (unpaired) electrons. The summed E-state index contributed by atoms with van der Waals surface area (Å²) < 4.78 is 5.37. The Hall–Kier alpha value is -1.65. The molecule has 0 bridgehead atoms. The summed E-state index contributed by atoms with van der Waals surface area (Å²) in [6.45, 7) is 8.94. The maximum atomic E-state index is 11.8. The second kappa shape index (κ2) is 11.3. The Balaban J connectivity index is 1.30. The van der Waals surface area contributed by atoms with Gasteiger partial charge in [0.2, 0.25) is 0 Å². The average Bonchev–Trinajstić information content (AvgIpc) is 3.49. The number of esters is 1. The molecule has 2 N–H and O–H groups in total.